The van der Waals surface area contributed by atoms with Gasteiger partial charge in [0.25, 0.3) is 0 Å². The number of rotatable bonds is 7. The van der Waals surface area contributed by atoms with Crippen LogP contribution >= 0.6 is 0 Å². The van der Waals surface area contributed by atoms with E-state index in [-0.39, 0.29) is 23.9 Å². The number of alkyl halides is 2. The summed E-state index contributed by atoms with van der Waals surface area (Å²) in [5.41, 5.74) is 7.34. The molecule has 3 aromatic rings. The summed E-state index contributed by atoms with van der Waals surface area (Å²) >= 11 is 0. The molecule has 0 aliphatic heterocycles. The van der Waals surface area contributed by atoms with E-state index < -0.39 is 12.4 Å². The molecule has 6 nitrogen and oxygen atoms in total. The highest BCUT2D eigenvalue weighted by atomic mass is 19.3. The van der Waals surface area contributed by atoms with Crippen molar-refractivity contribution in [2.75, 3.05) is 7.11 Å². The average molecular weight is 391 g/mol. The van der Waals surface area contributed by atoms with Crippen molar-refractivity contribution in [3.05, 3.63) is 65.6 Å². The molecular formula is C19H16F3N3O3. The topological polar surface area (TPSA) is 79.0 Å². The molecule has 0 saturated carbocycles. The van der Waals surface area contributed by atoms with Crippen LogP contribution in [0.2, 0.25) is 0 Å². The maximum atomic E-state index is 13.7. The SMILES string of the molecule is COc1cc(C(N)=NOCc2cc(F)cc3cccnc23)ccc1OC(F)F. The number of benzene rings is 2. The maximum absolute atomic E-state index is 13.7. The third-order valence-corrected chi connectivity index (χ3v) is 3.81. The molecule has 0 atom stereocenters. The van der Waals surface area contributed by atoms with Crippen molar-refractivity contribution in [2.24, 2.45) is 10.9 Å². The number of nitrogens with zero attached hydrogens (tertiary/aromatic N) is 2. The molecule has 0 aliphatic rings. The molecule has 0 radical (unpaired) electrons. The largest absolute Gasteiger partial charge is 0.493 e. The lowest BCUT2D eigenvalue weighted by atomic mass is 10.1. The fraction of sp³-hybridized carbons (Fsp3) is 0.158. The summed E-state index contributed by atoms with van der Waals surface area (Å²) in [5, 5.41) is 4.43. The molecule has 2 aromatic carbocycles. The molecule has 9 heteroatoms. The molecule has 1 aromatic heterocycles. The number of amidine groups is 1. The Bertz CT molecular complexity index is 1010. The fourth-order valence-electron chi connectivity index (χ4n) is 2.58. The minimum atomic E-state index is -2.98. The molecule has 1 heterocycles. The normalized spacial score (nSPS) is 11.7. The predicted molar refractivity (Wildman–Crippen MR) is 96.8 cm³/mol. The van der Waals surface area contributed by atoms with Crippen LogP contribution in [0.15, 0.2) is 53.8 Å². The first-order chi connectivity index (χ1) is 13.5. The van der Waals surface area contributed by atoms with Crippen LogP contribution in [0.3, 0.4) is 0 Å². The van der Waals surface area contributed by atoms with E-state index in [0.29, 0.717) is 22.0 Å². The van der Waals surface area contributed by atoms with Gasteiger partial charge in [0.05, 0.1) is 12.6 Å². The van der Waals surface area contributed by atoms with E-state index in [9.17, 15) is 13.2 Å². The van der Waals surface area contributed by atoms with Gasteiger partial charge in [-0.25, -0.2) is 4.39 Å². The van der Waals surface area contributed by atoms with Crippen molar-refractivity contribution in [3.8, 4) is 11.5 Å². The first-order valence-corrected chi connectivity index (χ1v) is 8.09. The Morgan fingerprint density at radius 2 is 2.00 bits per heavy atom. The zero-order chi connectivity index (χ0) is 20.1. The Balaban J connectivity index is 1.76. The van der Waals surface area contributed by atoms with E-state index in [0.717, 1.165) is 0 Å². The Morgan fingerprint density at radius 3 is 2.75 bits per heavy atom. The lowest BCUT2D eigenvalue weighted by Gasteiger charge is -2.11. The van der Waals surface area contributed by atoms with Crippen molar-refractivity contribution in [1.29, 1.82) is 0 Å². The van der Waals surface area contributed by atoms with Crippen LogP contribution in [0.5, 0.6) is 11.5 Å². The lowest BCUT2D eigenvalue weighted by molar-refractivity contribution is -0.0512. The predicted octanol–water partition coefficient (Wildman–Crippen LogP) is 3.82. The second-order valence-electron chi connectivity index (χ2n) is 5.63. The summed E-state index contributed by atoms with van der Waals surface area (Å²) in [6.07, 6.45) is 1.59. The van der Waals surface area contributed by atoms with Crippen LogP contribution in [0.4, 0.5) is 13.2 Å². The molecule has 2 N–H and O–H groups in total. The smallest absolute Gasteiger partial charge is 0.387 e. The summed E-state index contributed by atoms with van der Waals surface area (Å²) in [7, 11) is 1.31. The van der Waals surface area contributed by atoms with Gasteiger partial charge in [-0.3, -0.25) is 4.98 Å². The number of halogens is 3. The molecule has 0 aliphatic carbocycles. The molecule has 0 bridgehead atoms. The van der Waals surface area contributed by atoms with E-state index in [4.69, 9.17) is 15.3 Å². The van der Waals surface area contributed by atoms with Gasteiger partial charge in [-0.1, -0.05) is 11.2 Å². The molecule has 3 rings (SSSR count). The van der Waals surface area contributed by atoms with E-state index in [2.05, 4.69) is 14.9 Å². The van der Waals surface area contributed by atoms with Crippen LogP contribution < -0.4 is 15.2 Å². The van der Waals surface area contributed by atoms with Crippen LogP contribution in [-0.4, -0.2) is 24.5 Å². The van der Waals surface area contributed by atoms with E-state index in [1.807, 2.05) is 0 Å². The van der Waals surface area contributed by atoms with E-state index >= 15 is 0 Å². The molecule has 0 fully saturated rings. The molecule has 0 spiro atoms. The fourth-order valence-corrected chi connectivity index (χ4v) is 2.58. The number of hydrogen-bond acceptors (Lipinski definition) is 5. The number of nitrogens with two attached hydrogens (primary N) is 1. The molecular weight excluding hydrogens is 375 g/mol. The minimum Gasteiger partial charge on any atom is -0.493 e. The number of methoxy groups -OCH3 is 1. The Kier molecular flexibility index (Phi) is 5.83. The van der Waals surface area contributed by atoms with Crippen molar-refractivity contribution >= 4 is 16.7 Å². The minimum absolute atomic E-state index is 0.0180. The molecule has 0 unspecified atom stereocenters. The van der Waals surface area contributed by atoms with Gasteiger partial charge in [0.15, 0.2) is 17.3 Å². The Labute approximate surface area is 158 Å². The van der Waals surface area contributed by atoms with Crippen molar-refractivity contribution in [2.45, 2.75) is 13.2 Å². The summed E-state index contributed by atoms with van der Waals surface area (Å²) in [5.74, 6) is -0.505. The van der Waals surface area contributed by atoms with E-state index in [1.54, 1.807) is 18.3 Å². The second kappa shape index (κ2) is 8.47. The highest BCUT2D eigenvalue weighted by Crippen LogP contribution is 2.29. The van der Waals surface area contributed by atoms with E-state index in [1.165, 1.54) is 37.4 Å². The van der Waals surface area contributed by atoms with Gasteiger partial charge >= 0.3 is 6.61 Å². The molecule has 0 amide bonds. The third kappa shape index (κ3) is 4.43. The lowest BCUT2D eigenvalue weighted by Crippen LogP contribution is -2.14. The third-order valence-electron chi connectivity index (χ3n) is 3.81. The number of hydrogen-bond donors (Lipinski definition) is 1. The summed E-state index contributed by atoms with van der Waals surface area (Å²) in [4.78, 5) is 9.45. The monoisotopic (exact) mass is 391 g/mol. The van der Waals surface area contributed by atoms with Crippen molar-refractivity contribution < 1.29 is 27.5 Å². The quantitative estimate of drug-likeness (QED) is 0.376. The van der Waals surface area contributed by atoms with Crippen molar-refractivity contribution in [3.63, 3.8) is 0 Å². The first-order valence-electron chi connectivity index (χ1n) is 8.09. The van der Waals surface area contributed by atoms with Gasteiger partial charge in [-0.15, -0.1) is 0 Å². The highest BCUT2D eigenvalue weighted by molar-refractivity contribution is 5.97. The van der Waals surface area contributed by atoms with Gasteiger partial charge in [-0.2, -0.15) is 8.78 Å². The number of oxime groups is 1. The van der Waals surface area contributed by atoms with Crippen LogP contribution in [-0.2, 0) is 11.4 Å². The standard InChI is InChI=1S/C19H16F3N3O3/c1-26-16-9-12(4-5-15(16)28-19(21)22)18(23)25-27-10-13-8-14(20)7-11-3-2-6-24-17(11)13/h2-9,19H,10H2,1H3,(H2,23,25). The number of ether oxygens (including phenoxy) is 2. The number of fused-ring (bicyclic) bond motifs is 1. The van der Waals surface area contributed by atoms with Crippen LogP contribution in [0.25, 0.3) is 10.9 Å². The molecule has 0 saturated heterocycles. The zero-order valence-electron chi connectivity index (χ0n) is 14.7. The summed E-state index contributed by atoms with van der Waals surface area (Å²) < 4.78 is 47.9. The van der Waals surface area contributed by atoms with Crippen LogP contribution in [0, 0.1) is 5.82 Å². The summed E-state index contributed by atoms with van der Waals surface area (Å²) in [6, 6.07) is 10.2. The first kappa shape index (κ1) is 19.3. The maximum Gasteiger partial charge on any atom is 0.387 e. The number of pyridine rings is 1. The molecule has 28 heavy (non-hydrogen) atoms. The summed E-state index contributed by atoms with van der Waals surface area (Å²) in [6.45, 7) is -3.04. The second-order valence-corrected chi connectivity index (χ2v) is 5.63. The van der Waals surface area contributed by atoms with Gasteiger partial charge in [0, 0.05) is 22.7 Å². The van der Waals surface area contributed by atoms with Gasteiger partial charge < -0.3 is 20.0 Å². The average Bonchev–Trinajstić information content (AvgIpc) is 2.67. The Hall–Kier alpha value is -3.49. The van der Waals surface area contributed by atoms with Crippen molar-refractivity contribution in [1.82, 2.24) is 4.98 Å². The number of aromatic nitrogens is 1. The zero-order valence-corrected chi connectivity index (χ0v) is 14.7. The molecule has 146 valence electrons. The van der Waals surface area contributed by atoms with Gasteiger partial charge in [-0.05, 0) is 36.4 Å². The Morgan fingerprint density at radius 1 is 1.18 bits per heavy atom. The van der Waals surface area contributed by atoms with Gasteiger partial charge in [0.2, 0.25) is 0 Å². The highest BCUT2D eigenvalue weighted by Gasteiger charge is 2.13. The van der Waals surface area contributed by atoms with Crippen LogP contribution in [0.1, 0.15) is 11.1 Å². The van der Waals surface area contributed by atoms with Gasteiger partial charge in [0.1, 0.15) is 12.4 Å².